The molecule has 0 saturated heterocycles. The van der Waals surface area contributed by atoms with Gasteiger partial charge < -0.3 is 9.15 Å². The zero-order chi connectivity index (χ0) is 15.8. The van der Waals surface area contributed by atoms with Crippen molar-refractivity contribution in [3.63, 3.8) is 0 Å². The zero-order valence-corrected chi connectivity index (χ0v) is 13.5. The Morgan fingerprint density at radius 2 is 1.91 bits per heavy atom. The van der Waals surface area contributed by atoms with Crippen molar-refractivity contribution >= 4 is 23.2 Å². The van der Waals surface area contributed by atoms with Crippen LogP contribution in [0.15, 0.2) is 41.0 Å². The van der Waals surface area contributed by atoms with Gasteiger partial charge >= 0.3 is 0 Å². The number of hydrogen-bond donors (Lipinski definition) is 0. The molecule has 0 N–H and O–H groups in total. The van der Waals surface area contributed by atoms with E-state index in [1.54, 1.807) is 24.5 Å². The van der Waals surface area contributed by atoms with Crippen LogP contribution in [-0.2, 0) is 6.54 Å². The van der Waals surface area contributed by atoms with Crippen molar-refractivity contribution in [3.05, 3.63) is 52.4 Å². The first kappa shape index (κ1) is 16.7. The molecule has 0 aliphatic carbocycles. The third-order valence-corrected chi connectivity index (χ3v) is 3.67. The molecule has 2 aromatic rings. The first-order valence-electron chi connectivity index (χ1n) is 6.89. The molecule has 0 bridgehead atoms. The maximum Gasteiger partial charge on any atom is 0.156 e. The molecular formula is C16H16Cl2N2O2. The molecule has 1 heterocycles. The van der Waals surface area contributed by atoms with Gasteiger partial charge in [-0.15, -0.1) is 0 Å². The second-order valence-corrected chi connectivity index (χ2v) is 5.48. The number of para-hydroxylation sites is 1. The van der Waals surface area contributed by atoms with Crippen LogP contribution in [0.3, 0.4) is 0 Å². The van der Waals surface area contributed by atoms with Crippen LogP contribution in [0, 0.1) is 11.3 Å². The van der Waals surface area contributed by atoms with Crippen molar-refractivity contribution in [1.29, 1.82) is 5.26 Å². The number of ether oxygens (including phenoxy) is 1. The highest BCUT2D eigenvalue weighted by atomic mass is 35.5. The normalized spacial score (nSPS) is 10.6. The van der Waals surface area contributed by atoms with Gasteiger partial charge in [-0.2, -0.15) is 5.26 Å². The molecule has 116 valence electrons. The fraction of sp³-hybridized carbons (Fsp3) is 0.312. The van der Waals surface area contributed by atoms with Crippen LogP contribution >= 0.6 is 23.2 Å². The van der Waals surface area contributed by atoms with E-state index in [2.05, 4.69) is 11.0 Å². The highest BCUT2D eigenvalue weighted by Gasteiger charge is 2.10. The highest BCUT2D eigenvalue weighted by molar-refractivity contribution is 6.37. The molecule has 0 atom stereocenters. The van der Waals surface area contributed by atoms with Gasteiger partial charge in [-0.3, -0.25) is 4.90 Å². The van der Waals surface area contributed by atoms with Gasteiger partial charge in [0.2, 0.25) is 0 Å². The molecule has 0 saturated carbocycles. The average Bonchev–Trinajstić information content (AvgIpc) is 3.00. The van der Waals surface area contributed by atoms with Crippen LogP contribution in [0.25, 0.3) is 0 Å². The maximum absolute atomic E-state index is 8.75. The molecule has 0 aliphatic heterocycles. The third-order valence-electron chi connectivity index (χ3n) is 3.07. The van der Waals surface area contributed by atoms with Crippen LogP contribution in [0.5, 0.6) is 5.75 Å². The molecule has 0 spiro atoms. The SMILES string of the molecule is N#CCCN(CCOc1c(Cl)cccc1Cl)Cc1ccco1. The van der Waals surface area contributed by atoms with Crippen molar-refractivity contribution in [2.75, 3.05) is 19.7 Å². The molecular weight excluding hydrogens is 323 g/mol. The van der Waals surface area contributed by atoms with E-state index in [1.165, 1.54) is 0 Å². The summed E-state index contributed by atoms with van der Waals surface area (Å²) in [6.07, 6.45) is 2.09. The second kappa shape index (κ2) is 8.70. The number of halogens is 2. The Hall–Kier alpha value is -1.67. The summed E-state index contributed by atoms with van der Waals surface area (Å²) < 4.78 is 11.0. The zero-order valence-electron chi connectivity index (χ0n) is 12.0. The van der Waals surface area contributed by atoms with Crippen LogP contribution in [0.4, 0.5) is 0 Å². The average molecular weight is 339 g/mol. The predicted octanol–water partition coefficient (Wildman–Crippen LogP) is 4.38. The Kier molecular flexibility index (Phi) is 6.60. The number of furan rings is 1. The Morgan fingerprint density at radius 1 is 1.14 bits per heavy atom. The van der Waals surface area contributed by atoms with Crippen molar-refractivity contribution in [1.82, 2.24) is 4.90 Å². The van der Waals surface area contributed by atoms with Crippen molar-refractivity contribution in [3.8, 4) is 11.8 Å². The monoisotopic (exact) mass is 338 g/mol. The summed E-state index contributed by atoms with van der Waals surface area (Å²) in [6.45, 7) is 2.35. The molecule has 1 aromatic carbocycles. The molecule has 0 aliphatic rings. The Balaban J connectivity index is 1.89. The van der Waals surface area contributed by atoms with Crippen LogP contribution in [0.2, 0.25) is 10.0 Å². The highest BCUT2D eigenvalue weighted by Crippen LogP contribution is 2.32. The van der Waals surface area contributed by atoms with Crippen molar-refractivity contribution < 1.29 is 9.15 Å². The van der Waals surface area contributed by atoms with Gasteiger partial charge in [0.05, 0.1) is 28.9 Å². The van der Waals surface area contributed by atoms with Crippen molar-refractivity contribution in [2.24, 2.45) is 0 Å². The number of nitrogens with zero attached hydrogens (tertiary/aromatic N) is 2. The van der Waals surface area contributed by atoms with Gasteiger partial charge in [-0.05, 0) is 24.3 Å². The van der Waals surface area contributed by atoms with E-state index >= 15 is 0 Å². The largest absolute Gasteiger partial charge is 0.489 e. The summed E-state index contributed by atoms with van der Waals surface area (Å²) in [5, 5.41) is 9.73. The van der Waals surface area contributed by atoms with E-state index in [0.717, 1.165) is 5.76 Å². The summed E-state index contributed by atoms with van der Waals surface area (Å²) in [5.41, 5.74) is 0. The standard InChI is InChI=1S/C16H16Cl2N2O2/c17-14-5-1-6-15(18)16(14)22-11-9-20(8-3-7-19)12-13-4-2-10-21-13/h1-2,4-6,10H,3,8-9,11-12H2. The first-order chi connectivity index (χ1) is 10.7. The molecule has 6 heteroatoms. The van der Waals surface area contributed by atoms with Crippen LogP contribution < -0.4 is 4.74 Å². The number of nitriles is 1. The molecule has 0 radical (unpaired) electrons. The lowest BCUT2D eigenvalue weighted by atomic mass is 10.3. The number of benzene rings is 1. The van der Waals surface area contributed by atoms with E-state index in [-0.39, 0.29) is 0 Å². The summed E-state index contributed by atoms with van der Waals surface area (Å²) in [4.78, 5) is 2.09. The van der Waals surface area contributed by atoms with Gasteiger partial charge in [-0.1, -0.05) is 29.3 Å². The predicted molar refractivity (Wildman–Crippen MR) is 86.2 cm³/mol. The lowest BCUT2D eigenvalue weighted by Gasteiger charge is -2.20. The van der Waals surface area contributed by atoms with Gasteiger partial charge in [0.25, 0.3) is 0 Å². The van der Waals surface area contributed by atoms with E-state index < -0.39 is 0 Å². The van der Waals surface area contributed by atoms with E-state index in [1.807, 2.05) is 12.1 Å². The topological polar surface area (TPSA) is 49.4 Å². The van der Waals surface area contributed by atoms with Crippen LogP contribution in [0.1, 0.15) is 12.2 Å². The maximum atomic E-state index is 8.75. The number of rotatable bonds is 8. The van der Waals surface area contributed by atoms with Gasteiger partial charge in [-0.25, -0.2) is 0 Å². The minimum absolute atomic E-state index is 0.426. The van der Waals surface area contributed by atoms with E-state index in [0.29, 0.717) is 48.5 Å². The van der Waals surface area contributed by atoms with Gasteiger partial charge in [0.1, 0.15) is 12.4 Å². The lowest BCUT2D eigenvalue weighted by Crippen LogP contribution is -2.29. The minimum atomic E-state index is 0.426. The molecule has 2 rings (SSSR count). The molecule has 4 nitrogen and oxygen atoms in total. The quantitative estimate of drug-likeness (QED) is 0.716. The second-order valence-electron chi connectivity index (χ2n) is 4.66. The molecule has 0 amide bonds. The summed E-state index contributed by atoms with van der Waals surface area (Å²) in [5.74, 6) is 1.35. The molecule has 1 aromatic heterocycles. The molecule has 0 unspecified atom stereocenters. The Bertz CT molecular complexity index is 603. The summed E-state index contributed by atoms with van der Waals surface area (Å²) in [7, 11) is 0. The minimum Gasteiger partial charge on any atom is -0.489 e. The fourth-order valence-corrected chi connectivity index (χ4v) is 2.50. The smallest absolute Gasteiger partial charge is 0.156 e. The summed E-state index contributed by atoms with van der Waals surface area (Å²) in [6, 6.07) is 11.1. The lowest BCUT2D eigenvalue weighted by molar-refractivity contribution is 0.195. The fourth-order valence-electron chi connectivity index (χ4n) is 2.00. The molecule has 22 heavy (non-hydrogen) atoms. The summed E-state index contributed by atoms with van der Waals surface area (Å²) >= 11 is 12.1. The number of hydrogen-bond acceptors (Lipinski definition) is 4. The third kappa shape index (κ3) is 4.96. The van der Waals surface area contributed by atoms with Crippen LogP contribution in [-0.4, -0.2) is 24.6 Å². The Morgan fingerprint density at radius 3 is 2.55 bits per heavy atom. The van der Waals surface area contributed by atoms with E-state index in [9.17, 15) is 0 Å². The first-order valence-corrected chi connectivity index (χ1v) is 7.65. The van der Waals surface area contributed by atoms with Crippen molar-refractivity contribution in [2.45, 2.75) is 13.0 Å². The Labute approximate surface area is 139 Å². The van der Waals surface area contributed by atoms with E-state index in [4.69, 9.17) is 37.6 Å². The molecule has 0 fully saturated rings. The van der Waals surface area contributed by atoms with Gasteiger partial charge in [0, 0.05) is 19.5 Å². The van der Waals surface area contributed by atoms with Gasteiger partial charge in [0.15, 0.2) is 5.75 Å².